The van der Waals surface area contributed by atoms with Gasteiger partial charge in [-0.25, -0.2) is 4.79 Å². The highest BCUT2D eigenvalue weighted by Gasteiger charge is 2.29. The topological polar surface area (TPSA) is 59.7 Å². The number of aromatic carboxylic acids is 1. The molecule has 0 aliphatic heterocycles. The van der Waals surface area contributed by atoms with Crippen LogP contribution in [0.5, 0.6) is 0 Å². The molecule has 1 aromatic heterocycles. The van der Waals surface area contributed by atoms with Crippen LogP contribution in [-0.4, -0.2) is 23.9 Å². The molecular weight excluding hydrogens is 229 g/mol. The first-order valence-electron chi connectivity index (χ1n) is 4.31. The first-order valence-corrected chi connectivity index (χ1v) is 4.31. The zero-order valence-electron chi connectivity index (χ0n) is 8.25. The molecule has 90 valence electrons. The zero-order chi connectivity index (χ0) is 12.3. The van der Waals surface area contributed by atoms with Gasteiger partial charge in [-0.05, 0) is 19.1 Å². The molecule has 4 nitrogen and oxygen atoms in total. The van der Waals surface area contributed by atoms with Crippen LogP contribution >= 0.6 is 0 Å². The SMILES string of the molecule is CC(OCC(F)(F)F)c1ccc(C(=O)O)o1. The van der Waals surface area contributed by atoms with Gasteiger partial charge < -0.3 is 14.3 Å². The van der Waals surface area contributed by atoms with Crippen molar-refractivity contribution in [3.63, 3.8) is 0 Å². The second-order valence-electron chi connectivity index (χ2n) is 3.08. The van der Waals surface area contributed by atoms with Crippen molar-refractivity contribution in [2.45, 2.75) is 19.2 Å². The molecule has 0 radical (unpaired) electrons. The lowest BCUT2D eigenvalue weighted by Crippen LogP contribution is -2.18. The lowest BCUT2D eigenvalue weighted by atomic mass is 10.3. The number of alkyl halides is 3. The van der Waals surface area contributed by atoms with Crippen LogP contribution in [0, 0.1) is 0 Å². The van der Waals surface area contributed by atoms with Crippen LogP contribution in [0.3, 0.4) is 0 Å². The number of furan rings is 1. The Balaban J connectivity index is 2.59. The van der Waals surface area contributed by atoms with E-state index < -0.39 is 24.9 Å². The van der Waals surface area contributed by atoms with Gasteiger partial charge in [-0.15, -0.1) is 0 Å². The van der Waals surface area contributed by atoms with Crippen molar-refractivity contribution in [3.05, 3.63) is 23.7 Å². The molecule has 1 heterocycles. The maximum atomic E-state index is 11.8. The number of rotatable bonds is 4. The third-order valence-electron chi connectivity index (χ3n) is 1.74. The van der Waals surface area contributed by atoms with Crippen LogP contribution in [0.1, 0.15) is 29.3 Å². The normalized spacial score (nSPS) is 13.8. The molecular formula is C9H9F3O4. The molecule has 1 N–H and O–H groups in total. The zero-order valence-corrected chi connectivity index (χ0v) is 8.25. The lowest BCUT2D eigenvalue weighted by molar-refractivity contribution is -0.185. The molecule has 0 spiro atoms. The Labute approximate surface area is 88.6 Å². The second kappa shape index (κ2) is 4.56. The summed E-state index contributed by atoms with van der Waals surface area (Å²) in [4.78, 5) is 10.4. The number of carboxylic acid groups (broad SMARTS) is 1. The highest BCUT2D eigenvalue weighted by molar-refractivity contribution is 5.84. The highest BCUT2D eigenvalue weighted by atomic mass is 19.4. The molecule has 1 unspecified atom stereocenters. The summed E-state index contributed by atoms with van der Waals surface area (Å²) in [6, 6.07) is 2.43. The van der Waals surface area contributed by atoms with Gasteiger partial charge in [-0.3, -0.25) is 0 Å². The van der Waals surface area contributed by atoms with Crippen LogP contribution in [-0.2, 0) is 4.74 Å². The van der Waals surface area contributed by atoms with Crippen LogP contribution in [0.15, 0.2) is 16.5 Å². The summed E-state index contributed by atoms with van der Waals surface area (Å²) in [6.45, 7) is -0.0620. The van der Waals surface area contributed by atoms with Crippen molar-refractivity contribution >= 4 is 5.97 Å². The van der Waals surface area contributed by atoms with E-state index in [2.05, 4.69) is 4.74 Å². The van der Waals surface area contributed by atoms with Crippen molar-refractivity contribution in [2.75, 3.05) is 6.61 Å². The summed E-state index contributed by atoms with van der Waals surface area (Å²) >= 11 is 0. The van der Waals surface area contributed by atoms with Crippen LogP contribution in [0.25, 0.3) is 0 Å². The third kappa shape index (κ3) is 3.58. The first kappa shape index (κ1) is 12.6. The summed E-state index contributed by atoms with van der Waals surface area (Å²) in [5.41, 5.74) is 0. The summed E-state index contributed by atoms with van der Waals surface area (Å²) in [5.74, 6) is -1.58. The molecule has 7 heteroatoms. The Morgan fingerprint density at radius 1 is 1.56 bits per heavy atom. The molecule has 0 saturated heterocycles. The number of ether oxygens (including phenoxy) is 1. The second-order valence-corrected chi connectivity index (χ2v) is 3.08. The molecule has 0 aliphatic rings. The quantitative estimate of drug-likeness (QED) is 0.875. The highest BCUT2D eigenvalue weighted by Crippen LogP contribution is 2.23. The predicted octanol–water partition coefficient (Wildman–Crippen LogP) is 2.62. The average Bonchev–Trinajstić information content (AvgIpc) is 2.61. The maximum absolute atomic E-state index is 11.8. The van der Waals surface area contributed by atoms with E-state index in [1.165, 1.54) is 13.0 Å². The van der Waals surface area contributed by atoms with Gasteiger partial charge in [-0.1, -0.05) is 0 Å². The van der Waals surface area contributed by atoms with Crippen molar-refractivity contribution in [2.24, 2.45) is 0 Å². The van der Waals surface area contributed by atoms with Gasteiger partial charge in [0.2, 0.25) is 5.76 Å². The molecule has 1 aromatic rings. The van der Waals surface area contributed by atoms with Gasteiger partial charge in [0, 0.05) is 0 Å². The van der Waals surface area contributed by atoms with Crippen molar-refractivity contribution < 1.29 is 32.2 Å². The fourth-order valence-corrected chi connectivity index (χ4v) is 0.988. The van der Waals surface area contributed by atoms with Gasteiger partial charge >= 0.3 is 12.1 Å². The summed E-state index contributed by atoms with van der Waals surface area (Å²) in [6.07, 6.45) is -5.37. The lowest BCUT2D eigenvalue weighted by Gasteiger charge is -2.12. The molecule has 0 amide bonds. The van der Waals surface area contributed by atoms with E-state index in [9.17, 15) is 18.0 Å². The number of halogens is 3. The average molecular weight is 238 g/mol. The molecule has 0 aromatic carbocycles. The minimum atomic E-state index is -4.42. The van der Waals surface area contributed by atoms with E-state index in [0.717, 1.165) is 6.07 Å². The fourth-order valence-electron chi connectivity index (χ4n) is 0.988. The van der Waals surface area contributed by atoms with E-state index in [4.69, 9.17) is 9.52 Å². The molecule has 0 fully saturated rings. The molecule has 0 bridgehead atoms. The number of carboxylic acids is 1. The summed E-state index contributed by atoms with van der Waals surface area (Å²) < 4.78 is 44.7. The van der Waals surface area contributed by atoms with E-state index in [1.54, 1.807) is 0 Å². The molecule has 0 saturated carbocycles. The Hall–Kier alpha value is -1.50. The minimum Gasteiger partial charge on any atom is -0.475 e. The standard InChI is InChI=1S/C9H9F3O4/c1-5(15-4-9(10,11)12)6-2-3-7(16-6)8(13)14/h2-3,5H,4H2,1H3,(H,13,14). The van der Waals surface area contributed by atoms with E-state index in [0.29, 0.717) is 0 Å². The fraction of sp³-hybridized carbons (Fsp3) is 0.444. The Bertz CT molecular complexity index is 369. The predicted molar refractivity (Wildman–Crippen MR) is 46.1 cm³/mol. The van der Waals surface area contributed by atoms with Gasteiger partial charge in [0.25, 0.3) is 0 Å². The molecule has 1 atom stereocenters. The van der Waals surface area contributed by atoms with Gasteiger partial charge in [-0.2, -0.15) is 13.2 Å². The third-order valence-corrected chi connectivity index (χ3v) is 1.74. The van der Waals surface area contributed by atoms with E-state index in [1.807, 2.05) is 0 Å². The van der Waals surface area contributed by atoms with Crippen LogP contribution in [0.4, 0.5) is 13.2 Å². The maximum Gasteiger partial charge on any atom is 0.411 e. The summed E-state index contributed by atoms with van der Waals surface area (Å²) in [5, 5.41) is 8.52. The Morgan fingerprint density at radius 2 is 2.19 bits per heavy atom. The molecule has 16 heavy (non-hydrogen) atoms. The van der Waals surface area contributed by atoms with Gasteiger partial charge in [0.15, 0.2) is 0 Å². The van der Waals surface area contributed by atoms with Crippen LogP contribution < -0.4 is 0 Å². The monoisotopic (exact) mass is 238 g/mol. The van der Waals surface area contributed by atoms with Gasteiger partial charge in [0.05, 0.1) is 0 Å². The van der Waals surface area contributed by atoms with Crippen LogP contribution in [0.2, 0.25) is 0 Å². The van der Waals surface area contributed by atoms with Crippen molar-refractivity contribution in [1.82, 2.24) is 0 Å². The van der Waals surface area contributed by atoms with Crippen molar-refractivity contribution in [1.29, 1.82) is 0 Å². The molecule has 0 aliphatic carbocycles. The van der Waals surface area contributed by atoms with Gasteiger partial charge in [0.1, 0.15) is 18.5 Å². The molecule has 1 rings (SSSR count). The Kier molecular flexibility index (Phi) is 3.58. The number of hydrogen-bond acceptors (Lipinski definition) is 3. The van der Waals surface area contributed by atoms with E-state index in [-0.39, 0.29) is 11.5 Å². The minimum absolute atomic E-state index is 0.0432. The number of carbonyl (C=O) groups is 1. The van der Waals surface area contributed by atoms with E-state index >= 15 is 0 Å². The Morgan fingerprint density at radius 3 is 2.62 bits per heavy atom. The number of hydrogen-bond donors (Lipinski definition) is 1. The first-order chi connectivity index (χ1) is 7.29. The smallest absolute Gasteiger partial charge is 0.411 e. The summed E-state index contributed by atoms with van der Waals surface area (Å²) in [7, 11) is 0. The largest absolute Gasteiger partial charge is 0.475 e. The van der Waals surface area contributed by atoms with Crippen molar-refractivity contribution in [3.8, 4) is 0 Å².